The average molecular weight is 1020 g/mol. The standard InChI is InChI=1S/C21H12F4I4O9S/c22-9-11(24)18(39(34,35)36)12(25)10(23)17(9)38-20(32)5-1-3-6(4-2-5)37-21(33)8-7(19(30)31)13(26)15(28)16(29)14(8)27/h5-6H,1-4H2,(H,30,31)(H,34,35,36)/p-1. The molecule has 1 fully saturated rings. The van der Waals surface area contributed by atoms with E-state index in [1.54, 1.807) is 0 Å². The smallest absolute Gasteiger partial charge is 0.340 e. The molecule has 0 spiro atoms. The summed E-state index contributed by atoms with van der Waals surface area (Å²) in [6.07, 6.45) is -0.710. The first kappa shape index (κ1) is 32.9. The number of hydrogen-bond acceptors (Lipinski definition) is 8. The summed E-state index contributed by atoms with van der Waals surface area (Å²) in [5.41, 5.74) is -0.344. The normalized spacial score (nSPS) is 17.6. The Hall–Kier alpha value is -0.600. The Morgan fingerprint density at radius 1 is 0.795 bits per heavy atom. The molecule has 0 atom stereocenters. The predicted molar refractivity (Wildman–Crippen MR) is 155 cm³/mol. The Labute approximate surface area is 272 Å². The summed E-state index contributed by atoms with van der Waals surface area (Å²) >= 11 is 7.62. The molecule has 1 aliphatic carbocycles. The summed E-state index contributed by atoms with van der Waals surface area (Å²) in [5.74, 6) is -16.2. The van der Waals surface area contributed by atoms with Gasteiger partial charge in [-0.05, 0) is 116 Å². The van der Waals surface area contributed by atoms with Crippen molar-refractivity contribution in [1.29, 1.82) is 0 Å². The van der Waals surface area contributed by atoms with Gasteiger partial charge in [-0.1, -0.05) is 0 Å². The third-order valence-corrected chi connectivity index (χ3v) is 13.9. The number of halogens is 8. The summed E-state index contributed by atoms with van der Waals surface area (Å²) < 4.78 is 101. The second-order valence-corrected chi connectivity index (χ2v) is 13.6. The fraction of sp³-hybridized carbons (Fsp3) is 0.286. The molecular formula is C21H11F4I4O9S-. The molecule has 0 unspecified atom stereocenters. The summed E-state index contributed by atoms with van der Waals surface area (Å²) in [6.45, 7) is 0. The van der Waals surface area contributed by atoms with Crippen LogP contribution in [0.5, 0.6) is 5.75 Å². The van der Waals surface area contributed by atoms with E-state index < -0.39 is 74.0 Å². The van der Waals surface area contributed by atoms with E-state index in [2.05, 4.69) is 4.74 Å². The Kier molecular flexibility index (Phi) is 10.7. The van der Waals surface area contributed by atoms with E-state index in [9.17, 15) is 50.0 Å². The van der Waals surface area contributed by atoms with Gasteiger partial charge in [0.25, 0.3) is 0 Å². The van der Waals surface area contributed by atoms with Gasteiger partial charge in [0.1, 0.15) is 21.1 Å². The van der Waals surface area contributed by atoms with E-state index >= 15 is 0 Å². The van der Waals surface area contributed by atoms with Gasteiger partial charge in [0.2, 0.25) is 17.4 Å². The number of carboxylic acid groups (broad SMARTS) is 1. The number of ether oxygens (including phenoxy) is 2. The van der Waals surface area contributed by atoms with Crippen LogP contribution in [0.3, 0.4) is 0 Å². The lowest BCUT2D eigenvalue weighted by molar-refractivity contribution is -0.141. The maximum Gasteiger partial charge on any atom is 0.340 e. The molecule has 9 nitrogen and oxygen atoms in total. The van der Waals surface area contributed by atoms with Crippen LogP contribution in [0, 0.1) is 43.5 Å². The van der Waals surface area contributed by atoms with Crippen molar-refractivity contribution in [1.82, 2.24) is 0 Å². The van der Waals surface area contributed by atoms with Crippen LogP contribution < -0.4 is 4.74 Å². The Morgan fingerprint density at radius 3 is 1.69 bits per heavy atom. The van der Waals surface area contributed by atoms with Crippen molar-refractivity contribution < 1.29 is 59.5 Å². The molecule has 1 N–H and O–H groups in total. The highest BCUT2D eigenvalue weighted by molar-refractivity contribution is 14.1. The number of esters is 2. The van der Waals surface area contributed by atoms with Gasteiger partial charge in [-0.25, -0.2) is 26.8 Å². The monoisotopic (exact) mass is 1020 g/mol. The van der Waals surface area contributed by atoms with E-state index in [4.69, 9.17) is 4.74 Å². The second-order valence-electron chi connectivity index (χ2n) is 7.98. The molecule has 0 bridgehead atoms. The molecule has 1 saturated carbocycles. The lowest BCUT2D eigenvalue weighted by atomic mass is 9.87. The van der Waals surface area contributed by atoms with Gasteiger partial charge >= 0.3 is 17.9 Å². The molecule has 2 aromatic carbocycles. The lowest BCUT2D eigenvalue weighted by Crippen LogP contribution is -2.31. The van der Waals surface area contributed by atoms with Crippen LogP contribution in [0.25, 0.3) is 0 Å². The van der Waals surface area contributed by atoms with Crippen LogP contribution in [0.15, 0.2) is 4.90 Å². The first-order valence-electron chi connectivity index (χ1n) is 10.3. The van der Waals surface area contributed by atoms with Gasteiger partial charge in [0.05, 0.1) is 17.0 Å². The van der Waals surface area contributed by atoms with Crippen LogP contribution in [0.2, 0.25) is 0 Å². The summed E-state index contributed by atoms with van der Waals surface area (Å²) in [5, 5.41) is 9.67. The third kappa shape index (κ3) is 6.74. The first-order chi connectivity index (χ1) is 18.0. The zero-order chi connectivity index (χ0) is 29.6. The van der Waals surface area contributed by atoms with E-state index in [1.165, 1.54) is 0 Å². The minimum absolute atomic E-state index is 0.0390. The number of carboxylic acids is 1. The summed E-state index contributed by atoms with van der Waals surface area (Å²) in [4.78, 5) is 34.9. The number of aromatic carboxylic acids is 1. The largest absolute Gasteiger partial charge is 0.744 e. The van der Waals surface area contributed by atoms with Crippen LogP contribution >= 0.6 is 90.4 Å². The van der Waals surface area contributed by atoms with Crippen molar-refractivity contribution >= 4 is 118 Å². The van der Waals surface area contributed by atoms with Crippen LogP contribution in [0.1, 0.15) is 46.4 Å². The first-order valence-corrected chi connectivity index (χ1v) is 16.0. The van der Waals surface area contributed by atoms with Crippen molar-refractivity contribution in [3.63, 3.8) is 0 Å². The molecule has 18 heteroatoms. The fourth-order valence-electron chi connectivity index (χ4n) is 3.74. The molecule has 39 heavy (non-hydrogen) atoms. The SMILES string of the molecule is O=C(O)c1c(I)c(I)c(I)c(I)c1C(=O)OC1CCC(C(=O)Oc2c(F)c(F)c(S(=O)(=O)[O-])c(F)c2F)CC1. The molecular weight excluding hydrogens is 1010 g/mol. The third-order valence-electron chi connectivity index (χ3n) is 5.60. The second kappa shape index (κ2) is 12.7. The van der Waals surface area contributed by atoms with Crippen molar-refractivity contribution in [2.24, 2.45) is 5.92 Å². The van der Waals surface area contributed by atoms with Gasteiger partial charge in [-0.3, -0.25) is 4.79 Å². The lowest BCUT2D eigenvalue weighted by Gasteiger charge is -2.27. The van der Waals surface area contributed by atoms with Gasteiger partial charge in [-0.15, -0.1) is 0 Å². The predicted octanol–water partition coefficient (Wildman–Crippen LogP) is 5.58. The van der Waals surface area contributed by atoms with Crippen LogP contribution in [0.4, 0.5) is 17.6 Å². The van der Waals surface area contributed by atoms with Crippen molar-refractivity contribution in [3.8, 4) is 5.75 Å². The highest BCUT2D eigenvalue weighted by atomic mass is 127. The zero-order valence-corrected chi connectivity index (χ0v) is 28.1. The minimum Gasteiger partial charge on any atom is -0.744 e. The maximum atomic E-state index is 14.2. The molecule has 212 valence electrons. The van der Waals surface area contributed by atoms with Gasteiger partial charge < -0.3 is 19.1 Å². The van der Waals surface area contributed by atoms with E-state index in [-0.39, 0.29) is 36.8 Å². The molecule has 2 aromatic rings. The molecule has 0 amide bonds. The average Bonchev–Trinajstić information content (AvgIpc) is 2.85. The highest BCUT2D eigenvalue weighted by Crippen LogP contribution is 2.36. The summed E-state index contributed by atoms with van der Waals surface area (Å²) in [7, 11) is -5.92. The molecule has 0 saturated heterocycles. The van der Waals surface area contributed by atoms with E-state index in [0.717, 1.165) is 0 Å². The van der Waals surface area contributed by atoms with Gasteiger partial charge in [0, 0.05) is 14.3 Å². The van der Waals surface area contributed by atoms with E-state index in [1.807, 2.05) is 90.4 Å². The van der Waals surface area contributed by atoms with Crippen molar-refractivity contribution in [2.45, 2.75) is 36.7 Å². The molecule has 0 radical (unpaired) electrons. The number of carbonyl (C=O) groups excluding carboxylic acids is 2. The number of hydrogen-bond donors (Lipinski definition) is 1. The number of benzene rings is 2. The molecule has 3 rings (SSSR count). The van der Waals surface area contributed by atoms with Crippen molar-refractivity contribution in [2.75, 3.05) is 0 Å². The van der Waals surface area contributed by atoms with Gasteiger partial charge in [0.15, 0.2) is 11.6 Å². The van der Waals surface area contributed by atoms with Crippen LogP contribution in [-0.2, 0) is 19.6 Å². The Bertz CT molecular complexity index is 1480. The fourth-order valence-corrected chi connectivity index (χ4v) is 7.99. The topological polar surface area (TPSA) is 147 Å². The minimum atomic E-state index is -5.92. The molecule has 0 heterocycles. The number of carbonyl (C=O) groups is 3. The zero-order valence-electron chi connectivity index (χ0n) is 18.6. The van der Waals surface area contributed by atoms with Gasteiger partial charge in [-0.2, -0.15) is 8.78 Å². The molecule has 0 aliphatic heterocycles. The van der Waals surface area contributed by atoms with Crippen molar-refractivity contribution in [3.05, 3.63) is 48.7 Å². The molecule has 1 aliphatic rings. The number of rotatable bonds is 6. The van der Waals surface area contributed by atoms with Crippen LogP contribution in [-0.4, -0.2) is 42.1 Å². The Morgan fingerprint density at radius 2 is 1.26 bits per heavy atom. The summed E-state index contributed by atoms with van der Waals surface area (Å²) in [6, 6.07) is 0. The highest BCUT2D eigenvalue weighted by Gasteiger charge is 2.36. The van der Waals surface area contributed by atoms with E-state index in [0.29, 0.717) is 14.3 Å². The maximum absolute atomic E-state index is 14.2. The molecule has 0 aromatic heterocycles. The Balaban J connectivity index is 1.74. The quantitative estimate of drug-likeness (QED) is 0.0745.